The summed E-state index contributed by atoms with van der Waals surface area (Å²) < 4.78 is 5.76. The monoisotopic (exact) mass is 181 g/mol. The predicted molar refractivity (Wildman–Crippen MR) is 54.5 cm³/mol. The van der Waals surface area contributed by atoms with Gasteiger partial charge in [-0.15, -0.1) is 12.3 Å². The molecule has 0 aromatic heterocycles. The Labute approximate surface area is 81.0 Å². The Kier molecular flexibility index (Phi) is 3.77. The number of likely N-dealkylation sites (N-methyl/N-ethyl adjacent to an activating group) is 1. The van der Waals surface area contributed by atoms with Crippen molar-refractivity contribution in [1.82, 2.24) is 5.32 Å². The summed E-state index contributed by atoms with van der Waals surface area (Å²) in [5.74, 6) is 2.68. The lowest BCUT2D eigenvalue weighted by atomic mass is 9.90. The zero-order valence-electron chi connectivity index (χ0n) is 8.60. The fraction of sp³-hybridized carbons (Fsp3) is 0.818. The van der Waals surface area contributed by atoms with E-state index in [1.165, 1.54) is 6.42 Å². The molecule has 0 bridgehead atoms. The molecule has 2 heteroatoms. The van der Waals surface area contributed by atoms with Gasteiger partial charge in [-0.1, -0.05) is 0 Å². The van der Waals surface area contributed by atoms with Gasteiger partial charge in [0.25, 0.3) is 0 Å². The molecule has 0 saturated carbocycles. The maximum absolute atomic E-state index is 5.76. The van der Waals surface area contributed by atoms with Crippen molar-refractivity contribution in [3.8, 4) is 12.3 Å². The molecule has 1 aliphatic heterocycles. The van der Waals surface area contributed by atoms with Crippen LogP contribution in [0, 0.1) is 12.3 Å². The SMILES string of the molecule is C#CCCC(NC)C1(C)CCCO1. The smallest absolute Gasteiger partial charge is 0.0807 e. The van der Waals surface area contributed by atoms with Gasteiger partial charge in [0.15, 0.2) is 0 Å². The lowest BCUT2D eigenvalue weighted by Gasteiger charge is -2.32. The summed E-state index contributed by atoms with van der Waals surface area (Å²) in [7, 11) is 1.98. The molecule has 0 spiro atoms. The Morgan fingerprint density at radius 2 is 2.46 bits per heavy atom. The molecule has 1 aliphatic rings. The number of hydrogen-bond acceptors (Lipinski definition) is 2. The molecule has 1 rings (SSSR count). The summed E-state index contributed by atoms with van der Waals surface area (Å²) in [4.78, 5) is 0. The van der Waals surface area contributed by atoms with Crippen LogP contribution in [0.4, 0.5) is 0 Å². The Bertz CT molecular complexity index is 189. The van der Waals surface area contributed by atoms with E-state index in [1.807, 2.05) is 7.05 Å². The Morgan fingerprint density at radius 1 is 1.69 bits per heavy atom. The van der Waals surface area contributed by atoms with E-state index in [9.17, 15) is 0 Å². The highest BCUT2D eigenvalue weighted by atomic mass is 16.5. The quantitative estimate of drug-likeness (QED) is 0.664. The molecular formula is C11H19NO. The van der Waals surface area contributed by atoms with E-state index in [2.05, 4.69) is 18.2 Å². The molecule has 2 nitrogen and oxygen atoms in total. The summed E-state index contributed by atoms with van der Waals surface area (Å²) in [6, 6.07) is 0.394. The zero-order valence-corrected chi connectivity index (χ0v) is 8.60. The third kappa shape index (κ3) is 2.46. The van der Waals surface area contributed by atoms with Crippen molar-refractivity contribution in [3.63, 3.8) is 0 Å². The van der Waals surface area contributed by atoms with Gasteiger partial charge in [0.1, 0.15) is 0 Å². The highest BCUT2D eigenvalue weighted by Gasteiger charge is 2.36. The number of nitrogens with one attached hydrogen (secondary N) is 1. The van der Waals surface area contributed by atoms with Crippen LogP contribution in [0.3, 0.4) is 0 Å². The van der Waals surface area contributed by atoms with Crippen LogP contribution in [-0.4, -0.2) is 25.3 Å². The van der Waals surface area contributed by atoms with Crippen molar-refractivity contribution in [2.45, 2.75) is 44.2 Å². The molecule has 0 radical (unpaired) electrons. The van der Waals surface area contributed by atoms with Gasteiger partial charge in [0.2, 0.25) is 0 Å². The molecule has 0 aromatic carbocycles. The molecule has 2 atom stereocenters. The van der Waals surface area contributed by atoms with Gasteiger partial charge in [-0.3, -0.25) is 0 Å². The van der Waals surface area contributed by atoms with E-state index < -0.39 is 0 Å². The van der Waals surface area contributed by atoms with Gasteiger partial charge in [-0.05, 0) is 33.2 Å². The number of ether oxygens (including phenoxy) is 1. The van der Waals surface area contributed by atoms with E-state index in [4.69, 9.17) is 11.2 Å². The fourth-order valence-corrected chi connectivity index (χ4v) is 2.06. The molecule has 74 valence electrons. The number of rotatable bonds is 4. The van der Waals surface area contributed by atoms with Crippen LogP contribution < -0.4 is 5.32 Å². The lowest BCUT2D eigenvalue weighted by molar-refractivity contribution is -0.0114. The van der Waals surface area contributed by atoms with E-state index in [1.54, 1.807) is 0 Å². The summed E-state index contributed by atoms with van der Waals surface area (Å²) in [5, 5.41) is 3.30. The summed E-state index contributed by atoms with van der Waals surface area (Å²) in [6.07, 6.45) is 9.40. The van der Waals surface area contributed by atoms with Gasteiger partial charge in [0.05, 0.1) is 5.60 Å². The average molecular weight is 181 g/mol. The molecule has 0 aromatic rings. The third-order valence-electron chi connectivity index (χ3n) is 2.91. The van der Waals surface area contributed by atoms with E-state index in [0.717, 1.165) is 25.9 Å². The van der Waals surface area contributed by atoms with Crippen molar-refractivity contribution in [1.29, 1.82) is 0 Å². The Morgan fingerprint density at radius 3 is 2.92 bits per heavy atom. The van der Waals surface area contributed by atoms with Crippen molar-refractivity contribution in [3.05, 3.63) is 0 Å². The fourth-order valence-electron chi connectivity index (χ4n) is 2.06. The second-order valence-electron chi connectivity index (χ2n) is 3.85. The van der Waals surface area contributed by atoms with Crippen LogP contribution in [-0.2, 0) is 4.74 Å². The molecule has 1 heterocycles. The van der Waals surface area contributed by atoms with Crippen molar-refractivity contribution < 1.29 is 4.74 Å². The van der Waals surface area contributed by atoms with Gasteiger partial charge in [-0.2, -0.15) is 0 Å². The predicted octanol–water partition coefficient (Wildman–Crippen LogP) is 1.56. The highest BCUT2D eigenvalue weighted by molar-refractivity contribution is 4.95. The first-order valence-corrected chi connectivity index (χ1v) is 4.97. The molecule has 0 aliphatic carbocycles. The molecule has 0 amide bonds. The molecule has 1 saturated heterocycles. The van der Waals surface area contributed by atoms with Crippen molar-refractivity contribution >= 4 is 0 Å². The molecule has 2 unspecified atom stereocenters. The zero-order chi connectivity index (χ0) is 9.73. The van der Waals surface area contributed by atoms with Crippen LogP contribution in [0.1, 0.15) is 32.6 Å². The second-order valence-corrected chi connectivity index (χ2v) is 3.85. The first-order chi connectivity index (χ1) is 6.23. The Hall–Kier alpha value is -0.520. The highest BCUT2D eigenvalue weighted by Crippen LogP contribution is 2.30. The Balaban J connectivity index is 2.49. The van der Waals surface area contributed by atoms with Crippen LogP contribution in [0.2, 0.25) is 0 Å². The normalized spacial score (nSPS) is 29.9. The number of terminal acetylenes is 1. The van der Waals surface area contributed by atoms with Gasteiger partial charge in [-0.25, -0.2) is 0 Å². The minimum absolute atomic E-state index is 0.00556. The summed E-state index contributed by atoms with van der Waals surface area (Å²) >= 11 is 0. The summed E-state index contributed by atoms with van der Waals surface area (Å²) in [5.41, 5.74) is 0.00556. The van der Waals surface area contributed by atoms with Gasteiger partial charge < -0.3 is 10.1 Å². The van der Waals surface area contributed by atoms with Crippen LogP contribution >= 0.6 is 0 Å². The topological polar surface area (TPSA) is 21.3 Å². The van der Waals surface area contributed by atoms with Crippen LogP contribution in [0.15, 0.2) is 0 Å². The van der Waals surface area contributed by atoms with Crippen molar-refractivity contribution in [2.75, 3.05) is 13.7 Å². The van der Waals surface area contributed by atoms with E-state index in [-0.39, 0.29) is 5.60 Å². The average Bonchev–Trinajstić information content (AvgIpc) is 2.54. The number of hydrogen-bond donors (Lipinski definition) is 1. The van der Waals surface area contributed by atoms with Crippen molar-refractivity contribution in [2.24, 2.45) is 0 Å². The first-order valence-electron chi connectivity index (χ1n) is 4.97. The lowest BCUT2D eigenvalue weighted by Crippen LogP contribution is -2.46. The minimum Gasteiger partial charge on any atom is -0.374 e. The first kappa shape index (κ1) is 10.6. The van der Waals surface area contributed by atoms with Crippen LogP contribution in [0.5, 0.6) is 0 Å². The maximum Gasteiger partial charge on any atom is 0.0807 e. The minimum atomic E-state index is 0.00556. The van der Waals surface area contributed by atoms with Crippen LogP contribution in [0.25, 0.3) is 0 Å². The maximum atomic E-state index is 5.76. The van der Waals surface area contributed by atoms with Gasteiger partial charge in [0, 0.05) is 19.1 Å². The largest absolute Gasteiger partial charge is 0.374 e. The van der Waals surface area contributed by atoms with E-state index >= 15 is 0 Å². The molecular weight excluding hydrogens is 162 g/mol. The van der Waals surface area contributed by atoms with Gasteiger partial charge >= 0.3 is 0 Å². The van der Waals surface area contributed by atoms with E-state index in [0.29, 0.717) is 6.04 Å². The molecule has 1 fully saturated rings. The summed E-state index contributed by atoms with van der Waals surface area (Å²) in [6.45, 7) is 3.07. The molecule has 1 N–H and O–H groups in total. The molecule has 13 heavy (non-hydrogen) atoms. The third-order valence-corrected chi connectivity index (χ3v) is 2.91. The second kappa shape index (κ2) is 4.64. The standard InChI is InChI=1S/C11H19NO/c1-4-5-7-10(12-3)11(2)8-6-9-13-11/h1,10,12H,5-9H2,2-3H3.